The minimum atomic E-state index is 0.330. The van der Waals surface area contributed by atoms with Crippen LogP contribution in [0.5, 0.6) is 0 Å². The number of aromatic nitrogens is 3. The van der Waals surface area contributed by atoms with Crippen molar-refractivity contribution in [2.75, 3.05) is 29.5 Å². The summed E-state index contributed by atoms with van der Waals surface area (Å²) in [6, 6.07) is 3.80. The summed E-state index contributed by atoms with van der Waals surface area (Å²) >= 11 is 2.10. The van der Waals surface area contributed by atoms with Gasteiger partial charge in [-0.2, -0.15) is 11.8 Å². The molecular formula is C15H21N5S. The molecule has 1 fully saturated rings. The van der Waals surface area contributed by atoms with E-state index >= 15 is 0 Å². The maximum Gasteiger partial charge on any atom is 0.166 e. The van der Waals surface area contributed by atoms with Crippen molar-refractivity contribution < 1.29 is 0 Å². The molecule has 21 heavy (non-hydrogen) atoms. The molecule has 0 saturated carbocycles. The van der Waals surface area contributed by atoms with Crippen LogP contribution in [-0.4, -0.2) is 38.5 Å². The van der Waals surface area contributed by atoms with Crippen molar-refractivity contribution in [2.24, 2.45) is 0 Å². The van der Waals surface area contributed by atoms with Crippen molar-refractivity contribution in [3.8, 4) is 0 Å². The molecule has 112 valence electrons. The number of nitrogen functional groups attached to an aromatic ring is 1. The van der Waals surface area contributed by atoms with Gasteiger partial charge in [0, 0.05) is 23.6 Å². The van der Waals surface area contributed by atoms with Gasteiger partial charge in [-0.3, -0.25) is 0 Å². The minimum absolute atomic E-state index is 0.330. The van der Waals surface area contributed by atoms with Gasteiger partial charge in [-0.05, 0) is 25.0 Å². The SMILES string of the molecule is CCC1(CC)CN(c2ncnc3nc(N)ccc23)CCS1. The van der Waals surface area contributed by atoms with Crippen molar-refractivity contribution in [3.05, 3.63) is 18.5 Å². The number of anilines is 2. The molecule has 0 amide bonds. The van der Waals surface area contributed by atoms with E-state index < -0.39 is 0 Å². The van der Waals surface area contributed by atoms with E-state index in [4.69, 9.17) is 5.73 Å². The molecular weight excluding hydrogens is 282 g/mol. The summed E-state index contributed by atoms with van der Waals surface area (Å²) in [7, 11) is 0. The van der Waals surface area contributed by atoms with Gasteiger partial charge in [0.15, 0.2) is 5.65 Å². The van der Waals surface area contributed by atoms with Gasteiger partial charge in [-0.25, -0.2) is 15.0 Å². The maximum atomic E-state index is 5.75. The van der Waals surface area contributed by atoms with Crippen molar-refractivity contribution in [3.63, 3.8) is 0 Å². The monoisotopic (exact) mass is 303 g/mol. The first kappa shape index (κ1) is 14.4. The van der Waals surface area contributed by atoms with Crippen LogP contribution in [0.3, 0.4) is 0 Å². The van der Waals surface area contributed by atoms with Gasteiger partial charge in [0.25, 0.3) is 0 Å². The van der Waals surface area contributed by atoms with Gasteiger partial charge in [0.05, 0.1) is 5.39 Å². The number of nitrogens with two attached hydrogens (primary N) is 1. The van der Waals surface area contributed by atoms with E-state index in [9.17, 15) is 0 Å². The molecule has 0 bridgehead atoms. The van der Waals surface area contributed by atoms with Crippen LogP contribution in [0.2, 0.25) is 0 Å². The molecule has 0 spiro atoms. The number of fused-ring (bicyclic) bond motifs is 1. The minimum Gasteiger partial charge on any atom is -0.384 e. The zero-order valence-corrected chi connectivity index (χ0v) is 13.4. The van der Waals surface area contributed by atoms with Gasteiger partial charge in [0.1, 0.15) is 18.0 Å². The number of thioether (sulfide) groups is 1. The molecule has 2 aromatic heterocycles. The summed E-state index contributed by atoms with van der Waals surface area (Å²) < 4.78 is 0.330. The zero-order chi connectivity index (χ0) is 14.9. The second-order valence-electron chi connectivity index (χ2n) is 5.46. The van der Waals surface area contributed by atoms with E-state index in [1.165, 1.54) is 12.8 Å². The van der Waals surface area contributed by atoms with Crippen LogP contribution in [0, 0.1) is 0 Å². The third kappa shape index (κ3) is 2.64. The molecule has 0 atom stereocenters. The number of rotatable bonds is 3. The first-order valence-electron chi connectivity index (χ1n) is 7.43. The van der Waals surface area contributed by atoms with Crippen molar-refractivity contribution in [2.45, 2.75) is 31.4 Å². The molecule has 2 aromatic rings. The fourth-order valence-electron chi connectivity index (χ4n) is 2.90. The fraction of sp³-hybridized carbons (Fsp3) is 0.533. The Morgan fingerprint density at radius 3 is 2.86 bits per heavy atom. The number of hydrogen-bond acceptors (Lipinski definition) is 6. The van der Waals surface area contributed by atoms with Crippen LogP contribution in [0.4, 0.5) is 11.6 Å². The Bertz CT molecular complexity index is 641. The molecule has 0 aliphatic carbocycles. The lowest BCUT2D eigenvalue weighted by atomic mass is 10.0. The van der Waals surface area contributed by atoms with Crippen molar-refractivity contribution in [1.29, 1.82) is 0 Å². The van der Waals surface area contributed by atoms with Crippen LogP contribution in [-0.2, 0) is 0 Å². The molecule has 6 heteroatoms. The summed E-state index contributed by atoms with van der Waals surface area (Å²) in [5.74, 6) is 2.62. The first-order chi connectivity index (χ1) is 10.2. The summed E-state index contributed by atoms with van der Waals surface area (Å²) in [5, 5.41) is 0.986. The van der Waals surface area contributed by atoms with Crippen molar-refractivity contribution in [1.82, 2.24) is 15.0 Å². The Kier molecular flexibility index (Phi) is 3.89. The Balaban J connectivity index is 2.00. The fourth-order valence-corrected chi connectivity index (χ4v) is 4.30. The molecule has 3 heterocycles. The molecule has 0 radical (unpaired) electrons. The Morgan fingerprint density at radius 2 is 2.10 bits per heavy atom. The van der Waals surface area contributed by atoms with Crippen LogP contribution >= 0.6 is 11.8 Å². The van der Waals surface area contributed by atoms with E-state index in [2.05, 4.69) is 45.5 Å². The maximum absolute atomic E-state index is 5.75. The van der Waals surface area contributed by atoms with E-state index in [-0.39, 0.29) is 0 Å². The van der Waals surface area contributed by atoms with Gasteiger partial charge < -0.3 is 10.6 Å². The average Bonchev–Trinajstić information content (AvgIpc) is 2.54. The quantitative estimate of drug-likeness (QED) is 0.940. The molecule has 1 aliphatic rings. The third-order valence-electron chi connectivity index (χ3n) is 4.33. The van der Waals surface area contributed by atoms with E-state index in [1.54, 1.807) is 6.33 Å². The molecule has 1 aliphatic heterocycles. The Labute approximate surface area is 129 Å². The molecule has 3 rings (SSSR count). The lowest BCUT2D eigenvalue weighted by Crippen LogP contribution is -2.46. The lowest BCUT2D eigenvalue weighted by molar-refractivity contribution is 0.522. The van der Waals surface area contributed by atoms with Crippen LogP contribution in [0.25, 0.3) is 11.0 Å². The largest absolute Gasteiger partial charge is 0.384 e. The number of hydrogen-bond donors (Lipinski definition) is 1. The highest BCUT2D eigenvalue weighted by atomic mass is 32.2. The number of pyridine rings is 1. The normalized spacial score (nSPS) is 18.1. The second-order valence-corrected chi connectivity index (χ2v) is 7.03. The summed E-state index contributed by atoms with van der Waals surface area (Å²) in [6.45, 7) is 6.60. The lowest BCUT2D eigenvalue weighted by Gasteiger charge is -2.42. The highest BCUT2D eigenvalue weighted by Crippen LogP contribution is 2.38. The molecule has 2 N–H and O–H groups in total. The van der Waals surface area contributed by atoms with Gasteiger partial charge in [-0.15, -0.1) is 0 Å². The smallest absolute Gasteiger partial charge is 0.166 e. The highest BCUT2D eigenvalue weighted by molar-refractivity contribution is 8.00. The van der Waals surface area contributed by atoms with Crippen molar-refractivity contribution >= 4 is 34.4 Å². The predicted molar refractivity (Wildman–Crippen MR) is 89.7 cm³/mol. The first-order valence-corrected chi connectivity index (χ1v) is 8.42. The Hall–Kier alpha value is -1.56. The third-order valence-corrected chi connectivity index (χ3v) is 6.04. The topological polar surface area (TPSA) is 67.9 Å². The molecule has 0 aromatic carbocycles. The van der Waals surface area contributed by atoms with Gasteiger partial charge in [0.2, 0.25) is 0 Å². The predicted octanol–water partition coefficient (Wildman–Crippen LogP) is 2.72. The average molecular weight is 303 g/mol. The van der Waals surface area contributed by atoms with Crippen LogP contribution in [0.1, 0.15) is 26.7 Å². The molecule has 0 unspecified atom stereocenters. The van der Waals surface area contributed by atoms with Crippen LogP contribution in [0.15, 0.2) is 18.5 Å². The van der Waals surface area contributed by atoms with Gasteiger partial charge in [-0.1, -0.05) is 13.8 Å². The van der Waals surface area contributed by atoms with Gasteiger partial charge >= 0.3 is 0 Å². The molecule has 5 nitrogen and oxygen atoms in total. The number of nitrogens with zero attached hydrogens (tertiary/aromatic N) is 4. The Morgan fingerprint density at radius 1 is 1.29 bits per heavy atom. The highest BCUT2D eigenvalue weighted by Gasteiger charge is 2.34. The van der Waals surface area contributed by atoms with Crippen LogP contribution < -0.4 is 10.6 Å². The second kappa shape index (κ2) is 5.67. The summed E-state index contributed by atoms with van der Waals surface area (Å²) in [5.41, 5.74) is 6.43. The standard InChI is InChI=1S/C15H21N5S/c1-3-15(4-2)9-20(7-8-21-15)14-11-5-6-12(16)19-13(11)17-10-18-14/h5-6,10H,3-4,7-9H2,1-2H3,(H2,16,17,18,19). The summed E-state index contributed by atoms with van der Waals surface area (Å²) in [6.07, 6.45) is 3.95. The van der Waals surface area contributed by atoms with E-state index in [0.717, 1.165) is 30.0 Å². The summed E-state index contributed by atoms with van der Waals surface area (Å²) in [4.78, 5) is 15.4. The van der Waals surface area contributed by atoms with E-state index in [1.807, 2.05) is 12.1 Å². The van der Waals surface area contributed by atoms with E-state index in [0.29, 0.717) is 16.2 Å². The zero-order valence-electron chi connectivity index (χ0n) is 12.5. The molecule has 1 saturated heterocycles.